The van der Waals surface area contributed by atoms with E-state index < -0.39 is 0 Å². The van der Waals surface area contributed by atoms with Crippen molar-refractivity contribution in [3.63, 3.8) is 0 Å². The second-order valence-corrected chi connectivity index (χ2v) is 26.7. The van der Waals surface area contributed by atoms with Crippen molar-refractivity contribution in [2.75, 3.05) is 57.3 Å². The van der Waals surface area contributed by atoms with Crippen molar-refractivity contribution < 1.29 is 14.7 Å². The van der Waals surface area contributed by atoms with Crippen LogP contribution >= 0.6 is 0 Å². The van der Waals surface area contributed by atoms with E-state index in [1.807, 2.05) is 17.0 Å². The molecular formula is C62H104N10O3. The zero-order valence-electron chi connectivity index (χ0n) is 48.7. The summed E-state index contributed by atoms with van der Waals surface area (Å²) in [5, 5.41) is 18.6. The molecule has 13 heteroatoms. The number of urea groups is 1. The first-order valence-corrected chi connectivity index (χ1v) is 31.1. The number of nitrogens with zero attached hydrogens (tertiary/aromatic N) is 10. The molecule has 11 aliphatic heterocycles. The van der Waals surface area contributed by atoms with Gasteiger partial charge in [0.05, 0.1) is 17.7 Å². The Morgan fingerprint density at radius 3 is 1.24 bits per heavy atom. The molecule has 10 bridgehead atoms. The second-order valence-electron chi connectivity index (χ2n) is 26.7. The maximum absolute atomic E-state index is 12.4. The molecule has 0 radical (unpaired) electrons. The number of piperidine rings is 1. The van der Waals surface area contributed by atoms with Gasteiger partial charge in [-0.25, -0.2) is 4.79 Å². The van der Waals surface area contributed by atoms with Gasteiger partial charge in [-0.15, -0.1) is 0 Å². The predicted molar refractivity (Wildman–Crippen MR) is 304 cm³/mol. The topological polar surface area (TPSA) is 107 Å². The highest BCUT2D eigenvalue weighted by Gasteiger charge is 2.47. The summed E-state index contributed by atoms with van der Waals surface area (Å²) in [7, 11) is 0. The number of carbonyl (C=O) groups is 2. The molecule has 9 atom stereocenters. The first-order valence-electron chi connectivity index (χ1n) is 31.1. The lowest BCUT2D eigenvalue weighted by Gasteiger charge is -2.44. The van der Waals surface area contributed by atoms with Crippen molar-refractivity contribution in [3.8, 4) is 6.07 Å². The average molecular weight is 1040 g/mol. The molecule has 3 amide bonds. The summed E-state index contributed by atoms with van der Waals surface area (Å²) < 4.78 is 0. The smallest absolute Gasteiger partial charge is 0.320 e. The first kappa shape index (κ1) is 56.7. The van der Waals surface area contributed by atoms with Crippen LogP contribution in [0.1, 0.15) is 190 Å². The molecule has 1 saturated carbocycles. The van der Waals surface area contributed by atoms with Gasteiger partial charge in [-0.1, -0.05) is 6.42 Å². The van der Waals surface area contributed by atoms with Gasteiger partial charge in [-0.05, 0) is 203 Å². The summed E-state index contributed by atoms with van der Waals surface area (Å²) in [4.78, 5) is 46.5. The lowest BCUT2D eigenvalue weighted by Crippen LogP contribution is -2.59. The number of hydrogen-bond donors (Lipinski definition) is 1. The van der Waals surface area contributed by atoms with Crippen LogP contribution in [-0.2, 0) is 4.79 Å². The van der Waals surface area contributed by atoms with Crippen LogP contribution in [0.4, 0.5) is 10.5 Å². The van der Waals surface area contributed by atoms with E-state index in [2.05, 4.69) is 127 Å². The molecule has 12 fully saturated rings. The molecule has 75 heavy (non-hydrogen) atoms. The van der Waals surface area contributed by atoms with E-state index in [4.69, 9.17) is 5.26 Å². The van der Waals surface area contributed by atoms with Crippen molar-refractivity contribution in [1.82, 2.24) is 39.2 Å². The van der Waals surface area contributed by atoms with Crippen LogP contribution in [0.15, 0.2) is 24.3 Å². The molecule has 1 N–H and O–H groups in total. The predicted octanol–water partition coefficient (Wildman–Crippen LogP) is 9.26. The number of likely N-dealkylation sites (tertiary alicyclic amines) is 3. The summed E-state index contributed by atoms with van der Waals surface area (Å²) in [6.07, 6.45) is 23.1. The number of aliphatic hydroxyl groups excluding tert-OH is 1. The Morgan fingerprint density at radius 2 is 0.867 bits per heavy atom. The number of amides is 3. The van der Waals surface area contributed by atoms with Gasteiger partial charge in [-0.3, -0.25) is 29.3 Å². The van der Waals surface area contributed by atoms with Gasteiger partial charge in [-0.2, -0.15) is 5.26 Å². The lowest BCUT2D eigenvalue weighted by atomic mass is 10.0. The van der Waals surface area contributed by atoms with Crippen LogP contribution in [0.2, 0.25) is 0 Å². The molecule has 0 aromatic heterocycles. The summed E-state index contributed by atoms with van der Waals surface area (Å²) in [6, 6.07) is 20.8. The number of benzene rings is 1. The van der Waals surface area contributed by atoms with E-state index in [0.29, 0.717) is 90.4 Å². The molecule has 420 valence electrons. The fourth-order valence-corrected chi connectivity index (χ4v) is 17.1. The number of rotatable bonds is 7. The molecule has 1 aliphatic carbocycles. The Morgan fingerprint density at radius 1 is 0.467 bits per heavy atom. The van der Waals surface area contributed by atoms with Crippen LogP contribution in [0.3, 0.4) is 0 Å². The Hall–Kier alpha value is -2.99. The number of anilines is 1. The van der Waals surface area contributed by atoms with E-state index in [1.54, 1.807) is 0 Å². The van der Waals surface area contributed by atoms with Gasteiger partial charge in [0.15, 0.2) is 0 Å². The zero-order chi connectivity index (χ0) is 53.2. The Balaban J connectivity index is 0.000000117. The van der Waals surface area contributed by atoms with Crippen LogP contribution in [0.25, 0.3) is 0 Å². The monoisotopic (exact) mass is 1040 g/mol. The van der Waals surface area contributed by atoms with Gasteiger partial charge in [0.25, 0.3) is 0 Å². The van der Waals surface area contributed by atoms with Crippen molar-refractivity contribution in [1.29, 1.82) is 5.26 Å². The summed E-state index contributed by atoms with van der Waals surface area (Å²) >= 11 is 0. The molecule has 1 aromatic carbocycles. The zero-order valence-corrected chi connectivity index (χ0v) is 48.7. The molecule has 11 saturated heterocycles. The SMILES string of the molecule is CC(C)N1C2CCC1CC2.CC(C)N1C2CCC1CN(C(=O)C1CC1)C2.CC(C)N1C2CCC1CN(C(=O)N1CCCC1)C2.CC(C)N1C2CCC1CN(c1ccc(C#N)cc1)C2.CC(C)N1[C@@H]2CCC[C@H]1[C@@H](O)C2. The first-order chi connectivity index (χ1) is 36.0. The number of piperazine rings is 3. The number of carbonyl (C=O) groups excluding carboxylic acids is 2. The van der Waals surface area contributed by atoms with Crippen LogP contribution in [-0.4, -0.2) is 205 Å². The molecule has 12 aliphatic rings. The minimum Gasteiger partial charge on any atom is -0.391 e. The molecule has 13 rings (SSSR count). The number of aliphatic hydroxyl groups is 1. The standard InChI is InChI=1S/C16H21N3.C14H25N3O.C13H22N2O.C10H19NO.C9H17N/c1-12(2)19-15-7-8-16(19)11-18(10-15)14-5-3-13(9-17)4-6-14;1-11(2)17-12-5-6-13(17)10-16(9-12)14(18)15-7-3-4-8-15;1-9(2)15-11-5-6-12(15)8-14(7-11)13(16)10-3-4-10;1-7(2)11-8-4-3-5-9(11)10(12)6-8;1-7(2)10-8-3-4-9(10)6-5-8/h3-6,12,15-16H,7-8,10-11H2,1-2H3;11-13H,3-10H2,1-2H3;9-12H,3-8H2,1-2H3;7-10,12H,3-6H2,1-2H3;7-9H,3-6H2,1-2H3/t;;;8-,9+,10+;/m...1./s1. The van der Waals surface area contributed by atoms with E-state index in [9.17, 15) is 14.7 Å². The highest BCUT2D eigenvalue weighted by molar-refractivity contribution is 5.81. The second kappa shape index (κ2) is 25.0. The van der Waals surface area contributed by atoms with Crippen LogP contribution < -0.4 is 4.90 Å². The van der Waals surface area contributed by atoms with Gasteiger partial charge in [0.2, 0.25) is 5.91 Å². The van der Waals surface area contributed by atoms with Gasteiger partial charge in [0.1, 0.15) is 0 Å². The Labute approximate surface area is 455 Å². The third-order valence-electron chi connectivity index (χ3n) is 20.2. The molecule has 13 nitrogen and oxygen atoms in total. The van der Waals surface area contributed by atoms with Gasteiger partial charge < -0.3 is 24.7 Å². The molecule has 6 unspecified atom stereocenters. The van der Waals surface area contributed by atoms with Gasteiger partial charge >= 0.3 is 6.03 Å². The van der Waals surface area contributed by atoms with Crippen LogP contribution in [0, 0.1) is 17.2 Å². The highest BCUT2D eigenvalue weighted by atomic mass is 16.3. The Bertz CT molecular complexity index is 1990. The van der Waals surface area contributed by atoms with E-state index in [0.717, 1.165) is 95.3 Å². The van der Waals surface area contributed by atoms with E-state index in [1.165, 1.54) is 102 Å². The van der Waals surface area contributed by atoms with Crippen molar-refractivity contribution in [3.05, 3.63) is 29.8 Å². The molecule has 1 aromatic rings. The minimum absolute atomic E-state index is 0.0418. The quantitative estimate of drug-likeness (QED) is 0.284. The normalized spacial score (nSPS) is 34.1. The molecule has 11 heterocycles. The third-order valence-corrected chi connectivity index (χ3v) is 20.2. The van der Waals surface area contributed by atoms with Gasteiger partial charge in [0, 0.05) is 155 Å². The summed E-state index contributed by atoms with van der Waals surface area (Å²) in [6.45, 7) is 31.0. The van der Waals surface area contributed by atoms with E-state index in [-0.39, 0.29) is 6.10 Å². The fourth-order valence-electron chi connectivity index (χ4n) is 17.1. The largest absolute Gasteiger partial charge is 0.391 e. The highest BCUT2D eigenvalue weighted by Crippen LogP contribution is 2.41. The Kier molecular flexibility index (Phi) is 18.9. The average Bonchev–Trinajstić information content (AvgIpc) is 3.89. The maximum Gasteiger partial charge on any atom is 0.320 e. The minimum atomic E-state index is -0.0418. The maximum atomic E-state index is 12.4. The number of hydrogen-bond acceptors (Lipinski definition) is 10. The fraction of sp³-hybridized carbons (Fsp3) is 0.855. The van der Waals surface area contributed by atoms with Crippen LogP contribution in [0.5, 0.6) is 0 Å². The number of fused-ring (bicyclic) bond motifs is 10. The lowest BCUT2D eigenvalue weighted by molar-refractivity contribution is -0.136. The third kappa shape index (κ3) is 12.9. The molecular weight excluding hydrogens is 933 g/mol. The summed E-state index contributed by atoms with van der Waals surface area (Å²) in [5.41, 5.74) is 2.01. The summed E-state index contributed by atoms with van der Waals surface area (Å²) in [5.74, 6) is 0.838. The van der Waals surface area contributed by atoms with E-state index >= 15 is 0 Å². The van der Waals surface area contributed by atoms with Crippen molar-refractivity contribution >= 4 is 17.6 Å². The van der Waals surface area contributed by atoms with Crippen molar-refractivity contribution in [2.24, 2.45) is 5.92 Å². The molecule has 0 spiro atoms. The van der Waals surface area contributed by atoms with Crippen molar-refractivity contribution in [2.45, 2.75) is 282 Å². The number of nitriles is 1.